The van der Waals surface area contributed by atoms with Crippen LogP contribution >= 0.6 is 0 Å². The van der Waals surface area contributed by atoms with Crippen molar-refractivity contribution in [1.82, 2.24) is 5.16 Å². The van der Waals surface area contributed by atoms with E-state index in [1.54, 1.807) is 19.1 Å². The first-order chi connectivity index (χ1) is 13.0. The Labute approximate surface area is 154 Å². The minimum atomic E-state index is -0.499. The van der Waals surface area contributed by atoms with E-state index in [9.17, 15) is 15.0 Å². The van der Waals surface area contributed by atoms with E-state index in [0.29, 0.717) is 27.9 Å². The Bertz CT molecular complexity index is 1150. The SMILES string of the molecule is Cc1noc(-c2ccccc2)c1NC(=O)c1ccc2ccc(O)cc2c1O. The summed E-state index contributed by atoms with van der Waals surface area (Å²) >= 11 is 0. The molecule has 3 N–H and O–H groups in total. The van der Waals surface area contributed by atoms with E-state index in [-0.39, 0.29) is 17.1 Å². The Balaban J connectivity index is 1.73. The number of hydrogen-bond acceptors (Lipinski definition) is 5. The van der Waals surface area contributed by atoms with Crippen molar-refractivity contribution in [3.63, 3.8) is 0 Å². The van der Waals surface area contributed by atoms with Gasteiger partial charge in [-0.15, -0.1) is 0 Å². The van der Waals surface area contributed by atoms with Crippen molar-refractivity contribution in [2.75, 3.05) is 5.32 Å². The van der Waals surface area contributed by atoms with Crippen LogP contribution in [0.2, 0.25) is 0 Å². The van der Waals surface area contributed by atoms with Crippen LogP contribution in [0.3, 0.4) is 0 Å². The molecular formula is C21H16N2O4. The zero-order valence-electron chi connectivity index (χ0n) is 14.4. The van der Waals surface area contributed by atoms with Gasteiger partial charge in [-0.05, 0) is 30.5 Å². The van der Waals surface area contributed by atoms with E-state index in [1.807, 2.05) is 30.3 Å². The first kappa shape index (κ1) is 16.7. The summed E-state index contributed by atoms with van der Waals surface area (Å²) in [6.45, 7) is 1.73. The summed E-state index contributed by atoms with van der Waals surface area (Å²) in [6.07, 6.45) is 0. The number of carbonyl (C=O) groups is 1. The van der Waals surface area contributed by atoms with Gasteiger partial charge < -0.3 is 20.1 Å². The van der Waals surface area contributed by atoms with Gasteiger partial charge in [-0.1, -0.05) is 47.6 Å². The molecule has 0 aliphatic heterocycles. The van der Waals surface area contributed by atoms with Crippen molar-refractivity contribution in [2.24, 2.45) is 0 Å². The average Bonchev–Trinajstić information content (AvgIpc) is 3.03. The van der Waals surface area contributed by atoms with E-state index in [4.69, 9.17) is 4.52 Å². The number of anilines is 1. The van der Waals surface area contributed by atoms with Crippen LogP contribution in [-0.4, -0.2) is 21.3 Å². The zero-order valence-corrected chi connectivity index (χ0v) is 14.4. The molecule has 6 heteroatoms. The molecule has 0 bridgehead atoms. The highest BCUT2D eigenvalue weighted by atomic mass is 16.5. The molecule has 0 spiro atoms. The highest BCUT2D eigenvalue weighted by molar-refractivity contribution is 6.11. The number of aryl methyl sites for hydroxylation is 1. The summed E-state index contributed by atoms with van der Waals surface area (Å²) in [5, 5.41) is 28.0. The third kappa shape index (κ3) is 2.97. The number of aromatic nitrogens is 1. The van der Waals surface area contributed by atoms with Crippen LogP contribution in [0.15, 0.2) is 65.2 Å². The monoisotopic (exact) mass is 360 g/mol. The fourth-order valence-electron chi connectivity index (χ4n) is 2.96. The van der Waals surface area contributed by atoms with Crippen molar-refractivity contribution in [3.8, 4) is 22.8 Å². The van der Waals surface area contributed by atoms with Crippen molar-refractivity contribution in [1.29, 1.82) is 0 Å². The predicted octanol–water partition coefficient (Wildman–Crippen LogP) is 4.47. The van der Waals surface area contributed by atoms with Gasteiger partial charge in [-0.2, -0.15) is 0 Å². The first-order valence-corrected chi connectivity index (χ1v) is 8.32. The lowest BCUT2D eigenvalue weighted by atomic mass is 10.0. The van der Waals surface area contributed by atoms with Crippen LogP contribution in [0, 0.1) is 6.92 Å². The number of fused-ring (bicyclic) bond motifs is 1. The first-order valence-electron chi connectivity index (χ1n) is 8.32. The van der Waals surface area contributed by atoms with Crippen molar-refractivity contribution in [2.45, 2.75) is 6.92 Å². The molecule has 0 unspecified atom stereocenters. The molecule has 6 nitrogen and oxygen atoms in total. The third-order valence-electron chi connectivity index (χ3n) is 4.36. The molecule has 0 aliphatic carbocycles. The van der Waals surface area contributed by atoms with Gasteiger partial charge in [-0.25, -0.2) is 0 Å². The number of phenols is 2. The molecule has 134 valence electrons. The minimum absolute atomic E-state index is 0.0107. The number of carbonyl (C=O) groups excluding carboxylic acids is 1. The van der Waals surface area contributed by atoms with E-state index in [0.717, 1.165) is 5.56 Å². The Hall–Kier alpha value is -3.80. The van der Waals surface area contributed by atoms with Crippen LogP contribution < -0.4 is 5.32 Å². The lowest BCUT2D eigenvalue weighted by Gasteiger charge is -2.10. The van der Waals surface area contributed by atoms with E-state index in [1.165, 1.54) is 18.2 Å². The molecule has 0 radical (unpaired) electrons. The molecule has 1 heterocycles. The van der Waals surface area contributed by atoms with Gasteiger partial charge in [0, 0.05) is 10.9 Å². The van der Waals surface area contributed by atoms with Gasteiger partial charge in [0.1, 0.15) is 22.9 Å². The summed E-state index contributed by atoms with van der Waals surface area (Å²) in [7, 11) is 0. The fraction of sp³-hybridized carbons (Fsp3) is 0.0476. The Kier molecular flexibility index (Phi) is 4.01. The van der Waals surface area contributed by atoms with Crippen LogP contribution in [0.5, 0.6) is 11.5 Å². The molecule has 0 aliphatic rings. The lowest BCUT2D eigenvalue weighted by Crippen LogP contribution is -2.13. The molecule has 0 saturated heterocycles. The molecule has 0 fully saturated rings. The summed E-state index contributed by atoms with van der Waals surface area (Å²) < 4.78 is 5.37. The van der Waals surface area contributed by atoms with Gasteiger partial charge in [0.15, 0.2) is 5.76 Å². The predicted molar refractivity (Wildman–Crippen MR) is 102 cm³/mol. The van der Waals surface area contributed by atoms with E-state index < -0.39 is 5.91 Å². The van der Waals surface area contributed by atoms with E-state index >= 15 is 0 Å². The number of aromatic hydroxyl groups is 2. The van der Waals surface area contributed by atoms with Gasteiger partial charge in [0.2, 0.25) is 0 Å². The maximum absolute atomic E-state index is 12.8. The van der Waals surface area contributed by atoms with E-state index in [2.05, 4.69) is 10.5 Å². The number of hydrogen-bond donors (Lipinski definition) is 3. The molecule has 0 saturated carbocycles. The number of phenolic OH excluding ortho intramolecular Hbond substituents is 2. The van der Waals surface area contributed by atoms with Crippen molar-refractivity contribution < 1.29 is 19.5 Å². The van der Waals surface area contributed by atoms with Gasteiger partial charge in [-0.3, -0.25) is 4.79 Å². The maximum Gasteiger partial charge on any atom is 0.259 e. The van der Waals surface area contributed by atoms with Gasteiger partial charge in [0.25, 0.3) is 5.91 Å². The summed E-state index contributed by atoms with van der Waals surface area (Å²) in [6, 6.07) is 17.2. The second-order valence-corrected chi connectivity index (χ2v) is 6.16. The normalized spacial score (nSPS) is 10.9. The van der Waals surface area contributed by atoms with Crippen molar-refractivity contribution >= 4 is 22.4 Å². The number of benzene rings is 3. The number of rotatable bonds is 3. The van der Waals surface area contributed by atoms with Crippen LogP contribution in [0.1, 0.15) is 16.1 Å². The standard InChI is InChI=1S/C21H16N2O4/c1-12-18(20(27-23-12)14-5-3-2-4-6-14)22-21(26)16-10-8-13-7-9-15(24)11-17(13)19(16)25/h2-11,24-25H,1H3,(H,22,26). The Morgan fingerprint density at radius 1 is 1.04 bits per heavy atom. The van der Waals surface area contributed by atoms with Crippen LogP contribution in [0.4, 0.5) is 5.69 Å². The van der Waals surface area contributed by atoms with Crippen molar-refractivity contribution in [3.05, 3.63) is 71.9 Å². The highest BCUT2D eigenvalue weighted by Gasteiger charge is 2.20. The van der Waals surface area contributed by atoms with Gasteiger partial charge in [0.05, 0.1) is 5.56 Å². The highest BCUT2D eigenvalue weighted by Crippen LogP contribution is 2.34. The van der Waals surface area contributed by atoms with Gasteiger partial charge >= 0.3 is 0 Å². The summed E-state index contributed by atoms with van der Waals surface area (Å²) in [5.41, 5.74) is 1.84. The minimum Gasteiger partial charge on any atom is -0.508 e. The lowest BCUT2D eigenvalue weighted by molar-refractivity contribution is 0.102. The third-order valence-corrected chi connectivity index (χ3v) is 4.36. The number of nitrogens with zero attached hydrogens (tertiary/aromatic N) is 1. The zero-order chi connectivity index (χ0) is 19.0. The molecule has 4 aromatic rings. The maximum atomic E-state index is 12.8. The molecule has 4 rings (SSSR count). The molecule has 1 aromatic heterocycles. The molecule has 27 heavy (non-hydrogen) atoms. The Morgan fingerprint density at radius 3 is 2.56 bits per heavy atom. The molecule has 3 aromatic carbocycles. The number of nitrogens with one attached hydrogen (secondary N) is 1. The fourth-order valence-corrected chi connectivity index (χ4v) is 2.96. The topological polar surface area (TPSA) is 95.6 Å². The summed E-state index contributed by atoms with van der Waals surface area (Å²) in [4.78, 5) is 12.8. The van der Waals surface area contributed by atoms with Crippen LogP contribution in [0.25, 0.3) is 22.1 Å². The molecular weight excluding hydrogens is 344 g/mol. The molecule has 0 atom stereocenters. The Morgan fingerprint density at radius 2 is 1.78 bits per heavy atom. The number of amides is 1. The summed E-state index contributed by atoms with van der Waals surface area (Å²) in [5.74, 6) is -0.242. The molecule has 1 amide bonds. The largest absolute Gasteiger partial charge is 0.508 e. The quantitative estimate of drug-likeness (QED) is 0.501. The van der Waals surface area contributed by atoms with Crippen LogP contribution in [-0.2, 0) is 0 Å². The second kappa shape index (κ2) is 6.49. The second-order valence-electron chi connectivity index (χ2n) is 6.16. The smallest absolute Gasteiger partial charge is 0.259 e. The average molecular weight is 360 g/mol.